The molecule has 3 heterocycles. The zero-order valence-electron chi connectivity index (χ0n) is 32.9. The van der Waals surface area contributed by atoms with Gasteiger partial charge in [-0.1, -0.05) is 120 Å². The van der Waals surface area contributed by atoms with Gasteiger partial charge in [-0.05, 0) is 100 Å². The summed E-state index contributed by atoms with van der Waals surface area (Å²) < 4.78 is 8.96. The molecule has 1 aliphatic rings. The number of fused-ring (bicyclic) bond motifs is 4. The van der Waals surface area contributed by atoms with Crippen molar-refractivity contribution >= 4 is 38.9 Å². The van der Waals surface area contributed by atoms with Gasteiger partial charge in [-0.2, -0.15) is 0 Å². The van der Waals surface area contributed by atoms with E-state index in [0.29, 0.717) is 5.92 Å². The second kappa shape index (κ2) is 14.4. The Morgan fingerprint density at radius 1 is 0.661 bits per heavy atom. The lowest BCUT2D eigenvalue weighted by molar-refractivity contribution is 0.483. The summed E-state index contributed by atoms with van der Waals surface area (Å²) in [6.07, 6.45) is 2.99. The molecule has 0 radical (unpaired) electrons. The lowest BCUT2D eigenvalue weighted by Crippen LogP contribution is -2.27. The summed E-state index contributed by atoms with van der Waals surface area (Å²) in [5.74, 6) is 3.07. The molecular weight excluding hydrogens is 685 g/mol. The summed E-state index contributed by atoms with van der Waals surface area (Å²) in [7, 11) is 0. The number of aromatic nitrogens is 2. The lowest BCUT2D eigenvalue weighted by atomic mass is 9.88. The highest BCUT2D eigenvalue weighted by atomic mass is 16.5. The largest absolute Gasteiger partial charge is 0.457 e. The van der Waals surface area contributed by atoms with Gasteiger partial charge in [0.2, 0.25) is 0 Å². The van der Waals surface area contributed by atoms with Crippen molar-refractivity contribution in [1.29, 1.82) is 0 Å². The standard InChI is InChI=1S/C51H48N4O/c1-35(2)28-36-22-24-43(37-14-7-6-8-15-37)38(29-36)33-53-34-54(48-21-12-11-20-47(48)53)40-16-13-17-41(31-40)56-42-23-25-45-44-18-9-10-19-46(44)55(49(45)32-42)50-30-39(26-27-52-50)51(3,4)5/h6-27,29-32,35H,28,33-34H2,1-5H3. The molecule has 278 valence electrons. The van der Waals surface area contributed by atoms with Gasteiger partial charge < -0.3 is 14.5 Å². The van der Waals surface area contributed by atoms with Crippen LogP contribution in [0.15, 0.2) is 158 Å². The van der Waals surface area contributed by atoms with Crippen molar-refractivity contribution in [1.82, 2.24) is 9.55 Å². The van der Waals surface area contributed by atoms with Crippen LogP contribution in [-0.2, 0) is 18.4 Å². The van der Waals surface area contributed by atoms with E-state index in [1.165, 1.54) is 50.0 Å². The Kier molecular flexibility index (Phi) is 9.09. The fourth-order valence-corrected chi connectivity index (χ4v) is 8.24. The Labute approximate surface area is 330 Å². The van der Waals surface area contributed by atoms with Gasteiger partial charge in [-0.15, -0.1) is 0 Å². The van der Waals surface area contributed by atoms with Crippen LogP contribution < -0.4 is 14.5 Å². The summed E-state index contributed by atoms with van der Waals surface area (Å²) in [6.45, 7) is 12.8. The second-order valence-electron chi connectivity index (χ2n) is 16.5. The molecule has 0 saturated heterocycles. The van der Waals surface area contributed by atoms with E-state index in [-0.39, 0.29) is 5.41 Å². The third-order valence-electron chi connectivity index (χ3n) is 10.9. The average molecular weight is 733 g/mol. The van der Waals surface area contributed by atoms with Crippen LogP contribution in [0.3, 0.4) is 0 Å². The molecule has 2 aromatic heterocycles. The van der Waals surface area contributed by atoms with Crippen molar-refractivity contribution in [2.75, 3.05) is 16.5 Å². The maximum Gasteiger partial charge on any atom is 0.137 e. The topological polar surface area (TPSA) is 33.5 Å². The molecule has 5 nitrogen and oxygen atoms in total. The number of nitrogens with zero attached hydrogens (tertiary/aromatic N) is 4. The molecule has 5 heteroatoms. The van der Waals surface area contributed by atoms with Gasteiger partial charge in [0.25, 0.3) is 0 Å². The molecular formula is C51H48N4O. The Balaban J connectivity index is 1.04. The number of pyridine rings is 1. The number of benzene rings is 6. The van der Waals surface area contributed by atoms with E-state index in [2.05, 4.69) is 195 Å². The number of hydrogen-bond donors (Lipinski definition) is 0. The van der Waals surface area contributed by atoms with Crippen molar-refractivity contribution in [3.8, 4) is 28.4 Å². The predicted molar refractivity (Wildman–Crippen MR) is 234 cm³/mol. The molecule has 0 unspecified atom stereocenters. The van der Waals surface area contributed by atoms with Gasteiger partial charge in [0, 0.05) is 41.3 Å². The minimum Gasteiger partial charge on any atom is -0.457 e. The molecule has 0 bridgehead atoms. The number of anilines is 3. The molecule has 0 N–H and O–H groups in total. The molecule has 0 saturated carbocycles. The molecule has 9 rings (SSSR count). The molecule has 0 fully saturated rings. The third-order valence-corrected chi connectivity index (χ3v) is 10.9. The number of rotatable bonds is 9. The Bertz CT molecular complexity index is 2690. The summed E-state index contributed by atoms with van der Waals surface area (Å²) in [6, 6.07) is 54.4. The van der Waals surface area contributed by atoms with Crippen LogP contribution in [0.25, 0.3) is 38.8 Å². The zero-order valence-corrected chi connectivity index (χ0v) is 32.9. The first kappa shape index (κ1) is 35.4. The lowest BCUT2D eigenvalue weighted by Gasteiger charge is -2.24. The average Bonchev–Trinajstić information content (AvgIpc) is 3.73. The van der Waals surface area contributed by atoms with Gasteiger partial charge in [0.05, 0.1) is 29.1 Å². The van der Waals surface area contributed by atoms with Gasteiger partial charge in [0.1, 0.15) is 17.3 Å². The molecule has 0 amide bonds. The Hall–Kier alpha value is -6.33. The van der Waals surface area contributed by atoms with E-state index < -0.39 is 0 Å². The number of hydrogen-bond acceptors (Lipinski definition) is 4. The van der Waals surface area contributed by atoms with Crippen LogP contribution in [0.4, 0.5) is 17.1 Å². The first-order valence-electron chi connectivity index (χ1n) is 19.8. The number of ether oxygens (including phenoxy) is 1. The molecule has 6 aromatic carbocycles. The molecule has 0 atom stereocenters. The van der Waals surface area contributed by atoms with Crippen molar-refractivity contribution < 1.29 is 4.74 Å². The van der Waals surface area contributed by atoms with Crippen molar-refractivity contribution in [2.45, 2.75) is 53.0 Å². The van der Waals surface area contributed by atoms with Gasteiger partial charge in [0.15, 0.2) is 0 Å². The van der Waals surface area contributed by atoms with Crippen LogP contribution in [0.2, 0.25) is 0 Å². The van der Waals surface area contributed by atoms with Crippen molar-refractivity contribution in [3.63, 3.8) is 0 Å². The highest BCUT2D eigenvalue weighted by Gasteiger charge is 2.28. The van der Waals surface area contributed by atoms with E-state index in [1.54, 1.807) is 0 Å². The van der Waals surface area contributed by atoms with E-state index in [4.69, 9.17) is 9.72 Å². The third kappa shape index (κ3) is 6.79. The smallest absolute Gasteiger partial charge is 0.137 e. The van der Waals surface area contributed by atoms with Crippen LogP contribution >= 0.6 is 0 Å². The second-order valence-corrected chi connectivity index (χ2v) is 16.5. The molecule has 0 spiro atoms. The molecule has 1 aliphatic heterocycles. The van der Waals surface area contributed by atoms with Crippen LogP contribution in [0, 0.1) is 5.92 Å². The van der Waals surface area contributed by atoms with Gasteiger partial charge >= 0.3 is 0 Å². The summed E-state index contributed by atoms with van der Waals surface area (Å²) >= 11 is 0. The van der Waals surface area contributed by atoms with E-state index in [1.807, 2.05) is 12.3 Å². The van der Waals surface area contributed by atoms with Crippen molar-refractivity contribution in [3.05, 3.63) is 175 Å². The monoisotopic (exact) mass is 732 g/mol. The Morgan fingerprint density at radius 3 is 2.23 bits per heavy atom. The first-order chi connectivity index (χ1) is 27.2. The van der Waals surface area contributed by atoms with Crippen LogP contribution in [-0.4, -0.2) is 16.2 Å². The first-order valence-corrected chi connectivity index (χ1v) is 19.8. The minimum atomic E-state index is 0.00621. The van der Waals surface area contributed by atoms with E-state index >= 15 is 0 Å². The summed E-state index contributed by atoms with van der Waals surface area (Å²) in [4.78, 5) is 9.76. The number of para-hydroxylation sites is 3. The van der Waals surface area contributed by atoms with Gasteiger partial charge in [-0.3, -0.25) is 4.57 Å². The molecule has 56 heavy (non-hydrogen) atoms. The van der Waals surface area contributed by atoms with Gasteiger partial charge in [-0.25, -0.2) is 4.98 Å². The van der Waals surface area contributed by atoms with E-state index in [9.17, 15) is 0 Å². The van der Waals surface area contributed by atoms with Crippen molar-refractivity contribution in [2.24, 2.45) is 5.92 Å². The maximum atomic E-state index is 6.70. The fourth-order valence-electron chi connectivity index (χ4n) is 8.24. The summed E-state index contributed by atoms with van der Waals surface area (Å²) in [5.41, 5.74) is 12.2. The summed E-state index contributed by atoms with van der Waals surface area (Å²) in [5, 5.41) is 2.36. The highest BCUT2D eigenvalue weighted by Crippen LogP contribution is 2.43. The molecule has 0 aliphatic carbocycles. The highest BCUT2D eigenvalue weighted by molar-refractivity contribution is 6.09. The predicted octanol–water partition coefficient (Wildman–Crippen LogP) is 13.2. The van der Waals surface area contributed by atoms with Crippen LogP contribution in [0.5, 0.6) is 11.5 Å². The molecule has 8 aromatic rings. The van der Waals surface area contributed by atoms with Crippen LogP contribution in [0.1, 0.15) is 51.3 Å². The SMILES string of the molecule is CC(C)Cc1ccc(-c2ccccc2)c(CN2CN(c3cccc(Oc4ccc5c6ccccc6n(-c6cc(C(C)(C)C)ccn6)c5c4)c3)c3ccccc32)c1. The Morgan fingerprint density at radius 2 is 1.41 bits per heavy atom. The minimum absolute atomic E-state index is 0.00621. The fraction of sp³-hybridized carbons (Fsp3) is 0.196. The maximum absolute atomic E-state index is 6.70. The zero-order chi connectivity index (χ0) is 38.4. The normalized spacial score (nSPS) is 12.9. The quantitative estimate of drug-likeness (QED) is 0.148. The van der Waals surface area contributed by atoms with E-state index in [0.717, 1.165) is 53.7 Å².